The predicted molar refractivity (Wildman–Crippen MR) is 158 cm³/mol. The molecule has 0 N–H and O–H groups in total. The third kappa shape index (κ3) is 8.92. The quantitative estimate of drug-likeness (QED) is 0.0918. The molecule has 1 heterocycles. The van der Waals surface area contributed by atoms with Gasteiger partial charge in [0.05, 0.1) is 18.1 Å². The van der Waals surface area contributed by atoms with Crippen LogP contribution in [0.2, 0.25) is 0 Å². The molecule has 1 atom stereocenters. The molecule has 234 valence electrons. The highest BCUT2D eigenvalue weighted by molar-refractivity contribution is 5.41. The van der Waals surface area contributed by atoms with Crippen molar-refractivity contribution in [2.75, 3.05) is 6.61 Å². The second-order valence-corrected chi connectivity index (χ2v) is 12.5. The Kier molecular flexibility index (Phi) is 12.5. The summed E-state index contributed by atoms with van der Waals surface area (Å²) in [6.07, 6.45) is 18.5. The van der Waals surface area contributed by atoms with Gasteiger partial charge in [0.15, 0.2) is 11.6 Å². The van der Waals surface area contributed by atoms with Crippen LogP contribution >= 0.6 is 0 Å². The van der Waals surface area contributed by atoms with E-state index in [1.54, 1.807) is 0 Å². The molecule has 1 saturated carbocycles. The van der Waals surface area contributed by atoms with Gasteiger partial charge in [-0.15, -0.1) is 0 Å². The number of hydrogen-bond donors (Lipinski definition) is 0. The molecule has 1 aromatic heterocycles. The lowest BCUT2D eigenvalue weighted by Gasteiger charge is -2.34. The topological polar surface area (TPSA) is 22.1 Å². The number of unbranched alkanes of at least 4 members (excludes halogenated alkanes) is 11. The number of aromatic nitrogens is 1. The molecule has 7 heteroatoms. The molecule has 2 aromatic rings. The maximum Gasteiger partial charge on any atom is 0.284 e. The molecule has 0 amide bonds. The summed E-state index contributed by atoms with van der Waals surface area (Å²) in [5, 5.41) is 0. The fraction of sp³-hybridized carbons (Fsp3) is 0.686. The third-order valence-electron chi connectivity index (χ3n) is 9.08. The van der Waals surface area contributed by atoms with E-state index in [4.69, 9.17) is 4.74 Å². The smallest absolute Gasteiger partial charge is 0.284 e. The summed E-state index contributed by atoms with van der Waals surface area (Å²) >= 11 is 0. The van der Waals surface area contributed by atoms with Gasteiger partial charge in [0.1, 0.15) is 0 Å². The van der Waals surface area contributed by atoms with E-state index in [-0.39, 0.29) is 29.8 Å². The van der Waals surface area contributed by atoms with Crippen LogP contribution in [0.1, 0.15) is 144 Å². The van der Waals surface area contributed by atoms with Crippen molar-refractivity contribution in [2.24, 2.45) is 5.92 Å². The highest BCUT2D eigenvalue weighted by Gasteiger charge is 2.50. The van der Waals surface area contributed by atoms with Crippen molar-refractivity contribution >= 4 is 0 Å². The Morgan fingerprint density at radius 3 is 2.19 bits per heavy atom. The SMILES string of the molecule is CCCCCCCCOc1cc2c(c(F)n1)C(F)(F)C(c1ccc(CCCCCCCCCC3CC3)c(F)c1F)CC2. The number of pyridine rings is 1. The van der Waals surface area contributed by atoms with Crippen LogP contribution in [0, 0.1) is 23.5 Å². The van der Waals surface area contributed by atoms with Crippen molar-refractivity contribution in [3.63, 3.8) is 0 Å². The zero-order chi connectivity index (χ0) is 30.0. The summed E-state index contributed by atoms with van der Waals surface area (Å²) in [5.74, 6) is -8.03. The first-order valence-electron chi connectivity index (χ1n) is 16.5. The Labute approximate surface area is 248 Å². The van der Waals surface area contributed by atoms with Crippen LogP contribution in [-0.4, -0.2) is 11.6 Å². The van der Waals surface area contributed by atoms with Gasteiger partial charge in [-0.25, -0.2) is 17.6 Å². The molecule has 0 radical (unpaired) electrons. The van der Waals surface area contributed by atoms with Crippen LogP contribution in [0.3, 0.4) is 0 Å². The lowest BCUT2D eigenvalue weighted by atomic mass is 9.77. The van der Waals surface area contributed by atoms with Crippen molar-refractivity contribution < 1.29 is 26.7 Å². The molecule has 0 spiro atoms. The minimum atomic E-state index is -3.73. The van der Waals surface area contributed by atoms with Gasteiger partial charge in [-0.1, -0.05) is 109 Å². The van der Waals surface area contributed by atoms with Crippen LogP contribution in [-0.2, 0) is 18.8 Å². The summed E-state index contributed by atoms with van der Waals surface area (Å²) < 4.78 is 82.0. The van der Waals surface area contributed by atoms with Gasteiger partial charge in [-0.05, 0) is 49.1 Å². The fourth-order valence-electron chi connectivity index (χ4n) is 6.33. The lowest BCUT2D eigenvalue weighted by molar-refractivity contribution is -0.0486. The molecular formula is C35H48F5NO. The molecule has 4 rings (SSSR count). The third-order valence-corrected chi connectivity index (χ3v) is 9.08. The number of rotatable bonds is 19. The summed E-state index contributed by atoms with van der Waals surface area (Å²) in [4.78, 5) is 3.65. The lowest BCUT2D eigenvalue weighted by Crippen LogP contribution is -2.32. The standard InChI is InChI=1S/C35H48F5NO/c1-2-3-4-5-11-14-23-42-30-24-27-20-22-29(35(39,40)31(27)34(38)41-30)28-21-19-26(32(36)33(28)37)16-13-10-8-6-7-9-12-15-25-17-18-25/h19,21,24-25,29H,2-18,20,22-23H2,1H3. The van der Waals surface area contributed by atoms with Gasteiger partial charge in [0, 0.05) is 11.6 Å². The maximum atomic E-state index is 15.6. The van der Waals surface area contributed by atoms with Crippen LogP contribution < -0.4 is 4.74 Å². The Hall–Kier alpha value is -2.18. The highest BCUT2D eigenvalue weighted by atomic mass is 19.3. The zero-order valence-corrected chi connectivity index (χ0v) is 25.3. The molecule has 2 nitrogen and oxygen atoms in total. The van der Waals surface area contributed by atoms with E-state index in [1.165, 1.54) is 63.1 Å². The summed E-state index contributed by atoms with van der Waals surface area (Å²) in [7, 11) is 0. The highest BCUT2D eigenvalue weighted by Crippen LogP contribution is 2.51. The fourth-order valence-corrected chi connectivity index (χ4v) is 6.33. The van der Waals surface area contributed by atoms with E-state index in [0.29, 0.717) is 13.0 Å². The molecule has 2 aliphatic carbocycles. The maximum absolute atomic E-state index is 15.6. The summed E-state index contributed by atoms with van der Waals surface area (Å²) in [5.41, 5.74) is -0.912. The van der Waals surface area contributed by atoms with Gasteiger partial charge < -0.3 is 4.74 Å². The molecule has 0 saturated heterocycles. The number of alkyl halides is 2. The molecule has 1 aromatic carbocycles. The number of hydrogen-bond acceptors (Lipinski definition) is 2. The van der Waals surface area contributed by atoms with E-state index >= 15 is 13.2 Å². The normalized spacial score (nSPS) is 17.8. The number of fused-ring (bicyclic) bond motifs is 1. The number of aryl methyl sites for hydroxylation is 2. The largest absolute Gasteiger partial charge is 0.478 e. The average molecular weight is 594 g/mol. The van der Waals surface area contributed by atoms with Gasteiger partial charge in [-0.2, -0.15) is 9.37 Å². The van der Waals surface area contributed by atoms with Crippen molar-refractivity contribution in [2.45, 2.75) is 141 Å². The van der Waals surface area contributed by atoms with Gasteiger partial charge in [0.25, 0.3) is 5.92 Å². The molecule has 0 bridgehead atoms. The second kappa shape index (κ2) is 16.0. The van der Waals surface area contributed by atoms with Crippen LogP contribution in [0.5, 0.6) is 5.88 Å². The van der Waals surface area contributed by atoms with Crippen LogP contribution in [0.25, 0.3) is 0 Å². The van der Waals surface area contributed by atoms with E-state index in [1.807, 2.05) is 0 Å². The van der Waals surface area contributed by atoms with Crippen molar-refractivity contribution in [3.8, 4) is 5.88 Å². The first-order valence-corrected chi connectivity index (χ1v) is 16.5. The Bertz CT molecular complexity index is 1130. The first-order chi connectivity index (χ1) is 20.3. The van der Waals surface area contributed by atoms with Crippen LogP contribution in [0.15, 0.2) is 18.2 Å². The monoisotopic (exact) mass is 593 g/mol. The summed E-state index contributed by atoms with van der Waals surface area (Å²) in [6, 6.07) is 4.05. The molecular weight excluding hydrogens is 545 g/mol. The Morgan fingerprint density at radius 1 is 0.810 bits per heavy atom. The minimum Gasteiger partial charge on any atom is -0.478 e. The van der Waals surface area contributed by atoms with Gasteiger partial charge in [0.2, 0.25) is 11.8 Å². The molecule has 1 unspecified atom stereocenters. The van der Waals surface area contributed by atoms with E-state index < -0.39 is 40.5 Å². The van der Waals surface area contributed by atoms with Gasteiger partial charge in [-0.3, -0.25) is 0 Å². The average Bonchev–Trinajstić information content (AvgIpc) is 3.78. The van der Waals surface area contributed by atoms with Gasteiger partial charge >= 0.3 is 0 Å². The minimum absolute atomic E-state index is 0.00999. The van der Waals surface area contributed by atoms with E-state index in [9.17, 15) is 8.78 Å². The van der Waals surface area contributed by atoms with Crippen molar-refractivity contribution in [1.29, 1.82) is 0 Å². The zero-order valence-electron chi connectivity index (χ0n) is 25.3. The van der Waals surface area contributed by atoms with Crippen molar-refractivity contribution in [3.05, 3.63) is 58.0 Å². The molecule has 2 aliphatic rings. The predicted octanol–water partition coefficient (Wildman–Crippen LogP) is 11.1. The number of benzene rings is 1. The van der Waals surface area contributed by atoms with E-state index in [2.05, 4.69) is 11.9 Å². The van der Waals surface area contributed by atoms with Crippen molar-refractivity contribution in [1.82, 2.24) is 4.98 Å². The number of halogens is 5. The summed E-state index contributed by atoms with van der Waals surface area (Å²) in [6.45, 7) is 2.49. The number of nitrogens with zero attached hydrogens (tertiary/aromatic N) is 1. The molecule has 0 aliphatic heterocycles. The second-order valence-electron chi connectivity index (χ2n) is 12.5. The Morgan fingerprint density at radius 2 is 1.48 bits per heavy atom. The first kappa shape index (κ1) is 32.7. The molecule has 1 fully saturated rings. The molecule has 42 heavy (non-hydrogen) atoms. The van der Waals surface area contributed by atoms with Crippen LogP contribution in [0.4, 0.5) is 22.0 Å². The number of ether oxygens (including phenoxy) is 1. The Balaban J connectivity index is 1.29. The van der Waals surface area contributed by atoms with E-state index in [0.717, 1.165) is 63.7 Å².